The van der Waals surface area contributed by atoms with Crippen LogP contribution in [0.4, 0.5) is 5.00 Å². The van der Waals surface area contributed by atoms with E-state index in [-0.39, 0.29) is 11.9 Å². The first-order valence-electron chi connectivity index (χ1n) is 8.65. The summed E-state index contributed by atoms with van der Waals surface area (Å²) in [6, 6.07) is 0. The number of carbonyl (C=O) groups is 2. The molecule has 1 heterocycles. The van der Waals surface area contributed by atoms with Crippen molar-refractivity contribution in [1.29, 1.82) is 0 Å². The molecule has 1 N–H and O–H groups in total. The number of amides is 1. The molecule has 0 saturated heterocycles. The standard InChI is InChI=1S/C18H27NO4S/c1-5-22-18(21)15-14(13-6-7-13)10-24-17(15)19-16(20)12(4)23-9-8-11(2)3/h10-13H,5-9H2,1-4H3,(H,19,20). The van der Waals surface area contributed by atoms with Gasteiger partial charge in [-0.1, -0.05) is 13.8 Å². The van der Waals surface area contributed by atoms with E-state index in [4.69, 9.17) is 9.47 Å². The summed E-state index contributed by atoms with van der Waals surface area (Å²) >= 11 is 1.38. The number of ether oxygens (including phenoxy) is 2. The smallest absolute Gasteiger partial charge is 0.341 e. The van der Waals surface area contributed by atoms with Gasteiger partial charge in [0.2, 0.25) is 0 Å². The van der Waals surface area contributed by atoms with Crippen molar-refractivity contribution in [2.24, 2.45) is 5.92 Å². The molecule has 134 valence electrons. The average Bonchev–Trinajstić information content (AvgIpc) is 3.28. The zero-order chi connectivity index (χ0) is 17.7. The lowest BCUT2D eigenvalue weighted by Gasteiger charge is -2.14. The third-order valence-corrected chi connectivity index (χ3v) is 4.90. The molecule has 1 unspecified atom stereocenters. The SMILES string of the molecule is CCOC(=O)c1c(C2CC2)csc1NC(=O)C(C)OCCC(C)C. The van der Waals surface area contributed by atoms with Crippen LogP contribution in [0.1, 0.15) is 68.8 Å². The molecule has 0 aliphatic heterocycles. The van der Waals surface area contributed by atoms with Gasteiger partial charge in [-0.2, -0.15) is 0 Å². The summed E-state index contributed by atoms with van der Waals surface area (Å²) in [6.45, 7) is 8.62. The normalized spacial score (nSPS) is 15.4. The van der Waals surface area contributed by atoms with Crippen LogP contribution in [0, 0.1) is 5.92 Å². The Morgan fingerprint density at radius 3 is 2.62 bits per heavy atom. The summed E-state index contributed by atoms with van der Waals surface area (Å²) in [5, 5.41) is 5.38. The molecule has 1 aliphatic rings. The molecule has 1 aliphatic carbocycles. The Hall–Kier alpha value is -1.40. The Balaban J connectivity index is 2.03. The van der Waals surface area contributed by atoms with Gasteiger partial charge in [-0.15, -0.1) is 11.3 Å². The molecule has 2 rings (SSSR count). The Labute approximate surface area is 147 Å². The molecule has 0 radical (unpaired) electrons. The molecular weight excluding hydrogens is 326 g/mol. The lowest BCUT2D eigenvalue weighted by Crippen LogP contribution is -2.28. The van der Waals surface area contributed by atoms with Crippen LogP contribution in [-0.2, 0) is 14.3 Å². The second-order valence-electron chi connectivity index (χ2n) is 6.57. The van der Waals surface area contributed by atoms with Crippen LogP contribution in [-0.4, -0.2) is 31.2 Å². The van der Waals surface area contributed by atoms with Crippen molar-refractivity contribution in [1.82, 2.24) is 0 Å². The molecule has 1 aromatic heterocycles. The van der Waals surface area contributed by atoms with Gasteiger partial charge >= 0.3 is 5.97 Å². The van der Waals surface area contributed by atoms with E-state index in [2.05, 4.69) is 19.2 Å². The van der Waals surface area contributed by atoms with Crippen molar-refractivity contribution in [3.63, 3.8) is 0 Å². The van der Waals surface area contributed by atoms with Gasteiger partial charge in [-0.3, -0.25) is 4.79 Å². The number of hydrogen-bond acceptors (Lipinski definition) is 5. The minimum atomic E-state index is -0.551. The Morgan fingerprint density at radius 2 is 2.04 bits per heavy atom. The number of rotatable bonds is 9. The monoisotopic (exact) mass is 353 g/mol. The van der Waals surface area contributed by atoms with E-state index < -0.39 is 6.10 Å². The van der Waals surface area contributed by atoms with Gasteiger partial charge in [0, 0.05) is 6.61 Å². The first kappa shape index (κ1) is 18.9. The third kappa shape index (κ3) is 5.05. The minimum absolute atomic E-state index is 0.228. The fourth-order valence-electron chi connectivity index (χ4n) is 2.34. The van der Waals surface area contributed by atoms with Gasteiger partial charge in [-0.25, -0.2) is 4.79 Å². The minimum Gasteiger partial charge on any atom is -0.462 e. The van der Waals surface area contributed by atoms with Gasteiger partial charge in [0.25, 0.3) is 5.91 Å². The van der Waals surface area contributed by atoms with Crippen molar-refractivity contribution < 1.29 is 19.1 Å². The van der Waals surface area contributed by atoms with E-state index >= 15 is 0 Å². The maximum absolute atomic E-state index is 12.3. The van der Waals surface area contributed by atoms with E-state index in [0.717, 1.165) is 24.8 Å². The van der Waals surface area contributed by atoms with Gasteiger partial charge in [0.05, 0.1) is 12.2 Å². The highest BCUT2D eigenvalue weighted by molar-refractivity contribution is 7.15. The van der Waals surface area contributed by atoms with Crippen LogP contribution in [0.2, 0.25) is 0 Å². The number of thiophene rings is 1. The van der Waals surface area contributed by atoms with Crippen molar-refractivity contribution in [3.8, 4) is 0 Å². The zero-order valence-electron chi connectivity index (χ0n) is 14.9. The molecular formula is C18H27NO4S. The Kier molecular flexibility index (Phi) is 6.80. The number of carbonyl (C=O) groups excluding carboxylic acids is 2. The lowest BCUT2D eigenvalue weighted by molar-refractivity contribution is -0.126. The highest BCUT2D eigenvalue weighted by Crippen LogP contribution is 2.46. The Bertz CT molecular complexity index is 578. The summed E-state index contributed by atoms with van der Waals surface area (Å²) < 4.78 is 10.7. The lowest BCUT2D eigenvalue weighted by atomic mass is 10.1. The molecule has 1 amide bonds. The number of esters is 1. The zero-order valence-corrected chi connectivity index (χ0v) is 15.7. The summed E-state index contributed by atoms with van der Waals surface area (Å²) in [6.07, 6.45) is 2.54. The number of hydrogen-bond donors (Lipinski definition) is 1. The van der Waals surface area contributed by atoms with E-state index in [1.807, 2.05) is 5.38 Å². The Morgan fingerprint density at radius 1 is 1.33 bits per heavy atom. The van der Waals surface area contributed by atoms with E-state index in [1.54, 1.807) is 13.8 Å². The van der Waals surface area contributed by atoms with Crippen LogP contribution >= 0.6 is 11.3 Å². The summed E-state index contributed by atoms with van der Waals surface area (Å²) in [5.41, 5.74) is 1.52. The maximum atomic E-state index is 12.3. The molecule has 0 aromatic carbocycles. The first-order chi connectivity index (χ1) is 11.4. The van der Waals surface area contributed by atoms with Crippen LogP contribution in [0.25, 0.3) is 0 Å². The first-order valence-corrected chi connectivity index (χ1v) is 9.52. The van der Waals surface area contributed by atoms with Gasteiger partial charge in [-0.05, 0) is 55.9 Å². The molecule has 5 nitrogen and oxygen atoms in total. The topological polar surface area (TPSA) is 64.6 Å². The van der Waals surface area contributed by atoms with E-state index in [9.17, 15) is 9.59 Å². The highest BCUT2D eigenvalue weighted by atomic mass is 32.1. The second-order valence-corrected chi connectivity index (χ2v) is 7.45. The molecule has 1 atom stereocenters. The maximum Gasteiger partial charge on any atom is 0.341 e. The van der Waals surface area contributed by atoms with Crippen molar-refractivity contribution in [2.45, 2.75) is 59.0 Å². The van der Waals surface area contributed by atoms with Crippen molar-refractivity contribution in [2.75, 3.05) is 18.5 Å². The molecule has 0 spiro atoms. The third-order valence-electron chi connectivity index (χ3n) is 3.99. The van der Waals surface area contributed by atoms with Gasteiger partial charge in [0.1, 0.15) is 11.1 Å². The molecule has 1 saturated carbocycles. The van der Waals surface area contributed by atoms with Gasteiger partial charge < -0.3 is 14.8 Å². The second kappa shape index (κ2) is 8.62. The predicted molar refractivity (Wildman–Crippen MR) is 95.7 cm³/mol. The summed E-state index contributed by atoms with van der Waals surface area (Å²) in [7, 11) is 0. The van der Waals surface area contributed by atoms with Gasteiger partial charge in [0.15, 0.2) is 0 Å². The summed E-state index contributed by atoms with van der Waals surface area (Å²) in [4.78, 5) is 24.6. The molecule has 24 heavy (non-hydrogen) atoms. The largest absolute Gasteiger partial charge is 0.462 e. The summed E-state index contributed by atoms with van der Waals surface area (Å²) in [5.74, 6) is 0.373. The molecule has 0 bridgehead atoms. The van der Waals surface area contributed by atoms with Crippen LogP contribution in [0.5, 0.6) is 0 Å². The number of nitrogens with one attached hydrogen (secondary N) is 1. The predicted octanol–water partition coefficient (Wildman–Crippen LogP) is 4.19. The van der Waals surface area contributed by atoms with E-state index in [1.165, 1.54) is 11.3 Å². The van der Waals surface area contributed by atoms with Crippen LogP contribution < -0.4 is 5.32 Å². The van der Waals surface area contributed by atoms with Crippen LogP contribution in [0.3, 0.4) is 0 Å². The van der Waals surface area contributed by atoms with Crippen molar-refractivity contribution in [3.05, 3.63) is 16.5 Å². The number of anilines is 1. The van der Waals surface area contributed by atoms with E-state index in [0.29, 0.717) is 35.6 Å². The highest BCUT2D eigenvalue weighted by Gasteiger charge is 2.32. The fourth-order valence-corrected chi connectivity index (χ4v) is 3.38. The molecule has 6 heteroatoms. The quantitative estimate of drug-likeness (QED) is 0.676. The average molecular weight is 353 g/mol. The fraction of sp³-hybridized carbons (Fsp3) is 0.667. The molecule has 1 aromatic rings. The molecule has 1 fully saturated rings. The van der Waals surface area contributed by atoms with Crippen molar-refractivity contribution >= 4 is 28.2 Å². The van der Waals surface area contributed by atoms with Crippen LogP contribution in [0.15, 0.2) is 5.38 Å².